The van der Waals surface area contributed by atoms with Crippen LogP contribution in [-0.4, -0.2) is 22.5 Å². The standard InChI is InChI=1S/C19H27NO3/c1-18(2,3)15-8-5-14(6-9-15)7-10-16(21)20-19(11-4-12-19)13-17(22)23/h5-6,8-9H,4,7,10-13H2,1-3H3,(H,20,21)(H,22,23). The monoisotopic (exact) mass is 317 g/mol. The maximum absolute atomic E-state index is 12.1. The van der Waals surface area contributed by atoms with Crippen LogP contribution >= 0.6 is 0 Å². The molecule has 0 heterocycles. The molecular weight excluding hydrogens is 290 g/mol. The molecule has 0 saturated heterocycles. The second kappa shape index (κ2) is 6.73. The number of hydrogen-bond acceptors (Lipinski definition) is 2. The largest absolute Gasteiger partial charge is 0.481 e. The van der Waals surface area contributed by atoms with Gasteiger partial charge in [0.15, 0.2) is 0 Å². The fourth-order valence-corrected chi connectivity index (χ4v) is 3.03. The third-order valence-electron chi connectivity index (χ3n) is 4.67. The third kappa shape index (κ3) is 4.81. The van der Waals surface area contributed by atoms with Crippen LogP contribution in [0.3, 0.4) is 0 Å². The molecule has 0 aromatic heterocycles. The molecule has 0 unspecified atom stereocenters. The van der Waals surface area contributed by atoms with Gasteiger partial charge in [0.25, 0.3) is 0 Å². The van der Waals surface area contributed by atoms with Crippen LogP contribution in [-0.2, 0) is 21.4 Å². The van der Waals surface area contributed by atoms with Crippen LogP contribution in [0.25, 0.3) is 0 Å². The van der Waals surface area contributed by atoms with Gasteiger partial charge < -0.3 is 10.4 Å². The summed E-state index contributed by atoms with van der Waals surface area (Å²) in [6, 6.07) is 8.38. The van der Waals surface area contributed by atoms with Gasteiger partial charge in [-0.3, -0.25) is 9.59 Å². The average Bonchev–Trinajstić information content (AvgIpc) is 2.41. The van der Waals surface area contributed by atoms with Gasteiger partial charge in [-0.1, -0.05) is 45.0 Å². The van der Waals surface area contributed by atoms with Gasteiger partial charge in [-0.25, -0.2) is 0 Å². The maximum atomic E-state index is 12.1. The molecule has 1 aliphatic rings. The Bertz CT molecular complexity index is 565. The quantitative estimate of drug-likeness (QED) is 0.844. The Kier molecular flexibility index (Phi) is 5.12. The maximum Gasteiger partial charge on any atom is 0.305 e. The Hall–Kier alpha value is -1.84. The van der Waals surface area contributed by atoms with Crippen LogP contribution in [0.5, 0.6) is 0 Å². The number of carboxylic acid groups (broad SMARTS) is 1. The van der Waals surface area contributed by atoms with Crippen molar-refractivity contribution >= 4 is 11.9 Å². The summed E-state index contributed by atoms with van der Waals surface area (Å²) in [7, 11) is 0. The van der Waals surface area contributed by atoms with Crippen molar-refractivity contribution in [3.63, 3.8) is 0 Å². The molecule has 0 spiro atoms. The zero-order valence-electron chi connectivity index (χ0n) is 14.3. The van der Waals surface area contributed by atoms with E-state index in [9.17, 15) is 9.59 Å². The van der Waals surface area contributed by atoms with Crippen molar-refractivity contribution in [2.45, 2.75) is 70.3 Å². The molecule has 0 radical (unpaired) electrons. The van der Waals surface area contributed by atoms with E-state index in [4.69, 9.17) is 5.11 Å². The van der Waals surface area contributed by atoms with E-state index >= 15 is 0 Å². The molecule has 1 aliphatic carbocycles. The Labute approximate surface area is 138 Å². The van der Waals surface area contributed by atoms with Crippen molar-refractivity contribution in [3.8, 4) is 0 Å². The number of rotatable bonds is 6. The number of carbonyl (C=O) groups is 2. The number of hydrogen-bond donors (Lipinski definition) is 2. The van der Waals surface area contributed by atoms with Crippen LogP contribution in [0, 0.1) is 0 Å². The van der Waals surface area contributed by atoms with Gasteiger partial charge in [-0.2, -0.15) is 0 Å². The van der Waals surface area contributed by atoms with Gasteiger partial charge in [0.1, 0.15) is 0 Å². The number of nitrogens with one attached hydrogen (secondary N) is 1. The van der Waals surface area contributed by atoms with Gasteiger partial charge in [0.2, 0.25) is 5.91 Å². The molecule has 2 N–H and O–H groups in total. The smallest absolute Gasteiger partial charge is 0.305 e. The fourth-order valence-electron chi connectivity index (χ4n) is 3.03. The minimum absolute atomic E-state index is 0.0268. The number of carboxylic acids is 1. The van der Waals surface area contributed by atoms with E-state index in [1.807, 2.05) is 0 Å². The minimum atomic E-state index is -0.845. The molecule has 126 valence electrons. The van der Waals surface area contributed by atoms with Gasteiger partial charge in [-0.15, -0.1) is 0 Å². The highest BCUT2D eigenvalue weighted by Gasteiger charge is 2.40. The second-order valence-electron chi connectivity index (χ2n) is 7.70. The summed E-state index contributed by atoms with van der Waals surface area (Å²) in [5, 5.41) is 11.9. The third-order valence-corrected chi connectivity index (χ3v) is 4.67. The van der Waals surface area contributed by atoms with Crippen molar-refractivity contribution < 1.29 is 14.7 Å². The lowest BCUT2D eigenvalue weighted by molar-refractivity contribution is -0.140. The summed E-state index contributed by atoms with van der Waals surface area (Å²) in [6.07, 6.45) is 3.63. The number of carbonyl (C=O) groups excluding carboxylic acids is 1. The van der Waals surface area contributed by atoms with Crippen molar-refractivity contribution in [3.05, 3.63) is 35.4 Å². The van der Waals surface area contributed by atoms with Crippen LogP contribution in [0.2, 0.25) is 0 Å². The first-order valence-electron chi connectivity index (χ1n) is 8.32. The molecule has 1 saturated carbocycles. The molecule has 23 heavy (non-hydrogen) atoms. The van der Waals surface area contributed by atoms with Crippen molar-refractivity contribution in [1.29, 1.82) is 0 Å². The highest BCUT2D eigenvalue weighted by Crippen LogP contribution is 2.35. The minimum Gasteiger partial charge on any atom is -0.481 e. The first-order valence-corrected chi connectivity index (χ1v) is 8.32. The van der Waals surface area contributed by atoms with Gasteiger partial charge in [0.05, 0.1) is 12.0 Å². The molecule has 0 atom stereocenters. The van der Waals surface area contributed by atoms with Crippen LogP contribution in [0.1, 0.15) is 64.0 Å². The highest BCUT2D eigenvalue weighted by molar-refractivity contribution is 5.78. The molecule has 4 heteroatoms. The average molecular weight is 317 g/mol. The SMILES string of the molecule is CC(C)(C)c1ccc(CCC(=O)NC2(CC(=O)O)CCC2)cc1. The lowest BCUT2D eigenvalue weighted by Crippen LogP contribution is -2.54. The normalized spacial score (nSPS) is 16.5. The molecule has 4 nitrogen and oxygen atoms in total. The van der Waals surface area contributed by atoms with Crippen molar-refractivity contribution in [2.24, 2.45) is 0 Å². The van der Waals surface area contributed by atoms with Gasteiger partial charge in [-0.05, 0) is 42.2 Å². The molecule has 1 aromatic rings. The van der Waals surface area contributed by atoms with E-state index in [-0.39, 0.29) is 17.7 Å². The van der Waals surface area contributed by atoms with E-state index in [1.54, 1.807) is 0 Å². The summed E-state index contributed by atoms with van der Waals surface area (Å²) in [6.45, 7) is 6.53. The molecule has 1 amide bonds. The van der Waals surface area contributed by atoms with E-state index in [2.05, 4.69) is 50.4 Å². The molecule has 2 rings (SSSR count). The lowest BCUT2D eigenvalue weighted by atomic mass is 9.74. The van der Waals surface area contributed by atoms with Crippen LogP contribution < -0.4 is 5.32 Å². The number of aryl methyl sites for hydroxylation is 1. The molecule has 0 aliphatic heterocycles. The Morgan fingerprint density at radius 2 is 1.78 bits per heavy atom. The number of amides is 1. The Morgan fingerprint density at radius 1 is 1.17 bits per heavy atom. The van der Waals surface area contributed by atoms with Crippen molar-refractivity contribution in [2.75, 3.05) is 0 Å². The van der Waals surface area contributed by atoms with E-state index in [0.717, 1.165) is 24.8 Å². The predicted molar refractivity (Wildman–Crippen MR) is 90.4 cm³/mol. The first kappa shape index (κ1) is 17.5. The number of aliphatic carboxylic acids is 1. The second-order valence-corrected chi connectivity index (χ2v) is 7.70. The molecule has 0 bridgehead atoms. The van der Waals surface area contributed by atoms with Crippen LogP contribution in [0.15, 0.2) is 24.3 Å². The highest BCUT2D eigenvalue weighted by atomic mass is 16.4. The summed E-state index contributed by atoms with van der Waals surface area (Å²) in [5.74, 6) is -0.895. The summed E-state index contributed by atoms with van der Waals surface area (Å²) in [4.78, 5) is 23.1. The van der Waals surface area contributed by atoms with Gasteiger partial charge in [0, 0.05) is 6.42 Å². The Balaban J connectivity index is 1.86. The first-order chi connectivity index (χ1) is 10.7. The number of benzene rings is 1. The predicted octanol–water partition coefficient (Wildman–Crippen LogP) is 3.43. The fraction of sp³-hybridized carbons (Fsp3) is 0.579. The van der Waals surface area contributed by atoms with E-state index in [0.29, 0.717) is 12.8 Å². The topological polar surface area (TPSA) is 66.4 Å². The molecule has 1 aromatic carbocycles. The van der Waals surface area contributed by atoms with E-state index < -0.39 is 11.5 Å². The molecular formula is C19H27NO3. The zero-order valence-corrected chi connectivity index (χ0v) is 14.3. The van der Waals surface area contributed by atoms with E-state index in [1.165, 1.54) is 5.56 Å². The zero-order chi connectivity index (χ0) is 17.1. The Morgan fingerprint density at radius 3 is 2.22 bits per heavy atom. The van der Waals surface area contributed by atoms with Crippen LogP contribution in [0.4, 0.5) is 0 Å². The summed E-state index contributed by atoms with van der Waals surface area (Å²) < 4.78 is 0. The summed E-state index contributed by atoms with van der Waals surface area (Å²) >= 11 is 0. The van der Waals surface area contributed by atoms with Gasteiger partial charge >= 0.3 is 5.97 Å². The van der Waals surface area contributed by atoms with Crippen molar-refractivity contribution in [1.82, 2.24) is 5.32 Å². The molecule has 1 fully saturated rings. The lowest BCUT2D eigenvalue weighted by Gasteiger charge is -2.41. The summed E-state index contributed by atoms with van der Waals surface area (Å²) in [5.41, 5.74) is 2.04.